The maximum absolute atomic E-state index is 12.8. The van der Waals surface area contributed by atoms with Crippen LogP contribution in [0.4, 0.5) is 4.39 Å². The van der Waals surface area contributed by atoms with Gasteiger partial charge in [0.25, 0.3) is 0 Å². The fourth-order valence-electron chi connectivity index (χ4n) is 1.64. The molecular formula is C12H14FN3O. The van der Waals surface area contributed by atoms with Crippen molar-refractivity contribution in [1.82, 2.24) is 10.2 Å². The Labute approximate surface area is 98.3 Å². The molecule has 1 aromatic heterocycles. The lowest BCUT2D eigenvalue weighted by molar-refractivity contribution is 0.0674. The van der Waals surface area contributed by atoms with Gasteiger partial charge in [-0.15, -0.1) is 0 Å². The highest BCUT2D eigenvalue weighted by molar-refractivity contribution is 5.63. The van der Waals surface area contributed by atoms with Crippen molar-refractivity contribution in [1.29, 1.82) is 0 Å². The van der Waals surface area contributed by atoms with Crippen molar-refractivity contribution in [2.75, 3.05) is 6.54 Å². The number of aromatic amines is 1. The molecule has 1 heterocycles. The first kappa shape index (κ1) is 11.8. The number of rotatable bonds is 3. The van der Waals surface area contributed by atoms with Crippen LogP contribution in [0.2, 0.25) is 0 Å². The van der Waals surface area contributed by atoms with E-state index in [0.717, 1.165) is 5.56 Å². The predicted octanol–water partition coefficient (Wildman–Crippen LogP) is 1.38. The molecule has 90 valence electrons. The van der Waals surface area contributed by atoms with E-state index in [2.05, 4.69) is 10.2 Å². The molecule has 5 heteroatoms. The third-order valence-corrected chi connectivity index (χ3v) is 2.75. The SMILES string of the molecule is CC(O)(CN)c1cn[nH]c1-c1ccc(F)cc1. The topological polar surface area (TPSA) is 74.9 Å². The third-order valence-electron chi connectivity index (χ3n) is 2.75. The number of aromatic nitrogens is 2. The Morgan fingerprint density at radius 3 is 2.65 bits per heavy atom. The summed E-state index contributed by atoms with van der Waals surface area (Å²) in [7, 11) is 0. The van der Waals surface area contributed by atoms with Crippen LogP contribution in [-0.2, 0) is 5.60 Å². The third kappa shape index (κ3) is 2.20. The number of nitrogens with two attached hydrogens (primary N) is 1. The summed E-state index contributed by atoms with van der Waals surface area (Å²) >= 11 is 0. The fraction of sp³-hybridized carbons (Fsp3) is 0.250. The molecule has 1 aromatic carbocycles. The van der Waals surface area contributed by atoms with Crippen LogP contribution in [-0.4, -0.2) is 21.8 Å². The van der Waals surface area contributed by atoms with Crippen LogP contribution in [0.5, 0.6) is 0 Å². The summed E-state index contributed by atoms with van der Waals surface area (Å²) in [5.41, 5.74) is 6.37. The van der Waals surface area contributed by atoms with E-state index < -0.39 is 5.60 Å². The lowest BCUT2D eigenvalue weighted by Gasteiger charge is -2.21. The highest BCUT2D eigenvalue weighted by atomic mass is 19.1. The number of hydrogen-bond acceptors (Lipinski definition) is 3. The monoisotopic (exact) mass is 235 g/mol. The Kier molecular flexibility index (Phi) is 2.95. The molecule has 0 bridgehead atoms. The Balaban J connectivity index is 2.47. The van der Waals surface area contributed by atoms with E-state index in [0.29, 0.717) is 11.3 Å². The molecule has 0 saturated heterocycles. The van der Waals surface area contributed by atoms with E-state index in [1.807, 2.05) is 0 Å². The molecule has 1 atom stereocenters. The number of benzene rings is 1. The molecule has 0 amide bonds. The number of nitrogens with zero attached hydrogens (tertiary/aromatic N) is 1. The lowest BCUT2D eigenvalue weighted by atomic mass is 9.94. The van der Waals surface area contributed by atoms with Gasteiger partial charge in [-0.05, 0) is 31.2 Å². The van der Waals surface area contributed by atoms with Gasteiger partial charge in [-0.3, -0.25) is 5.10 Å². The second-order valence-corrected chi connectivity index (χ2v) is 4.14. The smallest absolute Gasteiger partial charge is 0.123 e. The van der Waals surface area contributed by atoms with Crippen LogP contribution in [0.15, 0.2) is 30.5 Å². The standard InChI is InChI=1S/C12H14FN3O/c1-12(17,7-14)10-6-15-16-11(10)8-2-4-9(13)5-3-8/h2-6,17H,7,14H2,1H3,(H,15,16). The van der Waals surface area contributed by atoms with Gasteiger partial charge in [-0.2, -0.15) is 5.10 Å². The van der Waals surface area contributed by atoms with Crippen LogP contribution >= 0.6 is 0 Å². The Morgan fingerprint density at radius 2 is 2.06 bits per heavy atom. The average Bonchev–Trinajstić information content (AvgIpc) is 2.80. The molecule has 0 aliphatic rings. The van der Waals surface area contributed by atoms with Crippen molar-refractivity contribution >= 4 is 0 Å². The number of halogens is 1. The Hall–Kier alpha value is -1.72. The van der Waals surface area contributed by atoms with Crippen molar-refractivity contribution < 1.29 is 9.50 Å². The second kappa shape index (κ2) is 4.27. The number of hydrogen-bond donors (Lipinski definition) is 3. The number of nitrogens with one attached hydrogen (secondary N) is 1. The zero-order chi connectivity index (χ0) is 12.5. The quantitative estimate of drug-likeness (QED) is 0.752. The van der Waals surface area contributed by atoms with Gasteiger partial charge in [0.1, 0.15) is 11.4 Å². The molecule has 0 saturated carbocycles. The second-order valence-electron chi connectivity index (χ2n) is 4.14. The van der Waals surface area contributed by atoms with Gasteiger partial charge in [0.15, 0.2) is 0 Å². The van der Waals surface area contributed by atoms with Crippen molar-refractivity contribution in [2.24, 2.45) is 5.73 Å². The number of aliphatic hydroxyl groups is 1. The van der Waals surface area contributed by atoms with E-state index in [1.54, 1.807) is 19.1 Å². The fourth-order valence-corrected chi connectivity index (χ4v) is 1.64. The summed E-state index contributed by atoms with van der Waals surface area (Å²) in [6.45, 7) is 1.70. The van der Waals surface area contributed by atoms with Crippen molar-refractivity contribution in [3.8, 4) is 11.3 Å². The van der Waals surface area contributed by atoms with Gasteiger partial charge < -0.3 is 10.8 Å². The maximum Gasteiger partial charge on any atom is 0.123 e. The van der Waals surface area contributed by atoms with E-state index in [4.69, 9.17) is 5.73 Å². The maximum atomic E-state index is 12.8. The number of H-pyrrole nitrogens is 1. The average molecular weight is 235 g/mol. The molecule has 2 rings (SSSR count). The molecule has 4 nitrogen and oxygen atoms in total. The summed E-state index contributed by atoms with van der Waals surface area (Å²) in [6.07, 6.45) is 1.53. The van der Waals surface area contributed by atoms with E-state index in [1.165, 1.54) is 18.3 Å². The van der Waals surface area contributed by atoms with Crippen LogP contribution in [0.3, 0.4) is 0 Å². The minimum Gasteiger partial charge on any atom is -0.384 e. The normalized spacial score (nSPS) is 14.6. The Bertz CT molecular complexity index is 505. The zero-order valence-corrected chi connectivity index (χ0v) is 9.44. The molecule has 0 radical (unpaired) electrons. The molecular weight excluding hydrogens is 221 g/mol. The van der Waals surface area contributed by atoms with Crippen LogP contribution in [0.25, 0.3) is 11.3 Å². The summed E-state index contributed by atoms with van der Waals surface area (Å²) < 4.78 is 12.8. The summed E-state index contributed by atoms with van der Waals surface area (Å²) in [5, 5.41) is 16.8. The first-order valence-corrected chi connectivity index (χ1v) is 5.27. The van der Waals surface area contributed by atoms with Gasteiger partial charge in [0.2, 0.25) is 0 Å². The lowest BCUT2D eigenvalue weighted by Crippen LogP contribution is -2.31. The minimum absolute atomic E-state index is 0.0841. The van der Waals surface area contributed by atoms with Gasteiger partial charge >= 0.3 is 0 Å². The van der Waals surface area contributed by atoms with Gasteiger partial charge in [0, 0.05) is 17.7 Å². The Morgan fingerprint density at radius 1 is 1.41 bits per heavy atom. The zero-order valence-electron chi connectivity index (χ0n) is 9.44. The summed E-state index contributed by atoms with van der Waals surface area (Å²) in [6, 6.07) is 5.96. The van der Waals surface area contributed by atoms with E-state index in [-0.39, 0.29) is 12.4 Å². The molecule has 0 aliphatic carbocycles. The van der Waals surface area contributed by atoms with Gasteiger partial charge in [-0.1, -0.05) is 0 Å². The van der Waals surface area contributed by atoms with E-state index in [9.17, 15) is 9.50 Å². The minimum atomic E-state index is -1.16. The van der Waals surface area contributed by atoms with Gasteiger partial charge in [0.05, 0.1) is 11.9 Å². The first-order valence-electron chi connectivity index (χ1n) is 5.27. The van der Waals surface area contributed by atoms with Crippen molar-refractivity contribution in [2.45, 2.75) is 12.5 Å². The van der Waals surface area contributed by atoms with Crippen LogP contribution < -0.4 is 5.73 Å². The summed E-state index contributed by atoms with van der Waals surface area (Å²) in [5.74, 6) is -0.305. The molecule has 0 aliphatic heterocycles. The highest BCUT2D eigenvalue weighted by Gasteiger charge is 2.26. The molecule has 17 heavy (non-hydrogen) atoms. The summed E-state index contributed by atoms with van der Waals surface area (Å²) in [4.78, 5) is 0. The highest BCUT2D eigenvalue weighted by Crippen LogP contribution is 2.29. The van der Waals surface area contributed by atoms with Crippen molar-refractivity contribution in [3.63, 3.8) is 0 Å². The molecule has 4 N–H and O–H groups in total. The van der Waals surface area contributed by atoms with Crippen molar-refractivity contribution in [3.05, 3.63) is 41.8 Å². The molecule has 0 spiro atoms. The first-order chi connectivity index (χ1) is 8.04. The molecule has 1 unspecified atom stereocenters. The molecule has 0 fully saturated rings. The van der Waals surface area contributed by atoms with E-state index >= 15 is 0 Å². The van der Waals surface area contributed by atoms with Crippen LogP contribution in [0, 0.1) is 5.82 Å². The molecule has 2 aromatic rings. The largest absolute Gasteiger partial charge is 0.384 e. The van der Waals surface area contributed by atoms with Crippen LogP contribution in [0.1, 0.15) is 12.5 Å². The van der Waals surface area contributed by atoms with Gasteiger partial charge in [-0.25, -0.2) is 4.39 Å². The predicted molar refractivity (Wildman–Crippen MR) is 62.6 cm³/mol.